The highest BCUT2D eigenvalue weighted by molar-refractivity contribution is 5.96. The summed E-state index contributed by atoms with van der Waals surface area (Å²) in [5, 5.41) is 2.45. The van der Waals surface area contributed by atoms with Crippen LogP contribution < -0.4 is 11.1 Å². The summed E-state index contributed by atoms with van der Waals surface area (Å²) in [7, 11) is 0. The third-order valence-electron chi connectivity index (χ3n) is 4.51. The Labute approximate surface area is 156 Å². The molecule has 1 aliphatic heterocycles. The van der Waals surface area contributed by atoms with Gasteiger partial charge in [0.25, 0.3) is 5.91 Å². The molecule has 3 N–H and O–H groups in total. The first-order valence-corrected chi connectivity index (χ1v) is 8.17. The van der Waals surface area contributed by atoms with Gasteiger partial charge in [-0.1, -0.05) is 0 Å². The Balaban J connectivity index is 0.00000338. The third kappa shape index (κ3) is 5.88. The number of piperidine rings is 1. The van der Waals surface area contributed by atoms with Crippen LogP contribution in [-0.2, 0) is 11.0 Å². The van der Waals surface area contributed by atoms with Gasteiger partial charge in [-0.05, 0) is 49.9 Å². The van der Waals surface area contributed by atoms with Gasteiger partial charge in [-0.2, -0.15) is 13.2 Å². The lowest BCUT2D eigenvalue weighted by atomic mass is 9.91. The molecule has 9 heteroatoms. The highest BCUT2D eigenvalue weighted by Crippen LogP contribution is 2.29. The van der Waals surface area contributed by atoms with Crippen LogP contribution in [-0.4, -0.2) is 42.4 Å². The van der Waals surface area contributed by atoms with Gasteiger partial charge in [-0.25, -0.2) is 0 Å². The molecule has 0 aliphatic carbocycles. The van der Waals surface area contributed by atoms with Gasteiger partial charge in [0, 0.05) is 24.7 Å². The van der Waals surface area contributed by atoms with E-state index in [-0.39, 0.29) is 36.5 Å². The molecule has 0 aromatic heterocycles. The monoisotopic (exact) mass is 393 g/mol. The molecule has 1 aromatic rings. The summed E-state index contributed by atoms with van der Waals surface area (Å²) in [4.78, 5) is 25.8. The predicted octanol–water partition coefficient (Wildman–Crippen LogP) is 2.44. The Morgan fingerprint density at radius 3 is 2.23 bits per heavy atom. The van der Waals surface area contributed by atoms with Crippen LogP contribution in [0.3, 0.4) is 0 Å². The second-order valence-corrected chi connectivity index (χ2v) is 6.34. The molecule has 1 unspecified atom stereocenters. The van der Waals surface area contributed by atoms with Gasteiger partial charge in [-0.15, -0.1) is 12.4 Å². The van der Waals surface area contributed by atoms with Crippen molar-refractivity contribution >= 4 is 24.2 Å². The van der Waals surface area contributed by atoms with Crippen LogP contribution in [0.15, 0.2) is 24.3 Å². The topological polar surface area (TPSA) is 75.4 Å². The molecule has 1 saturated heterocycles. The maximum atomic E-state index is 12.5. The van der Waals surface area contributed by atoms with Crippen molar-refractivity contribution in [2.75, 3.05) is 19.6 Å². The molecular formula is C17H23ClF3N3O2. The maximum absolute atomic E-state index is 12.5. The van der Waals surface area contributed by atoms with Gasteiger partial charge < -0.3 is 16.0 Å². The van der Waals surface area contributed by atoms with Crippen LogP contribution in [0, 0.1) is 5.92 Å². The minimum Gasteiger partial charge on any atom is -0.343 e. The van der Waals surface area contributed by atoms with Crippen molar-refractivity contribution in [3.63, 3.8) is 0 Å². The van der Waals surface area contributed by atoms with Crippen molar-refractivity contribution in [2.24, 2.45) is 11.7 Å². The number of rotatable bonds is 4. The molecule has 1 fully saturated rings. The zero-order valence-corrected chi connectivity index (χ0v) is 15.2. The van der Waals surface area contributed by atoms with E-state index < -0.39 is 17.6 Å². The lowest BCUT2D eigenvalue weighted by Crippen LogP contribution is -2.46. The van der Waals surface area contributed by atoms with Gasteiger partial charge >= 0.3 is 6.18 Å². The molecule has 1 atom stereocenters. The molecule has 2 rings (SSSR count). The molecule has 26 heavy (non-hydrogen) atoms. The molecule has 1 aliphatic rings. The first kappa shape index (κ1) is 22.2. The second kappa shape index (κ2) is 9.23. The maximum Gasteiger partial charge on any atom is 0.416 e. The SMILES string of the molecule is CC(N)C1CCN(C(=O)CNC(=O)c2ccc(C(F)(F)F)cc2)CC1.Cl. The fourth-order valence-electron chi connectivity index (χ4n) is 2.85. The molecule has 146 valence electrons. The minimum atomic E-state index is -4.45. The van der Waals surface area contributed by atoms with E-state index in [1.54, 1.807) is 4.90 Å². The van der Waals surface area contributed by atoms with Crippen molar-refractivity contribution < 1.29 is 22.8 Å². The lowest BCUT2D eigenvalue weighted by molar-refractivity contribution is -0.137. The number of likely N-dealkylation sites (tertiary alicyclic amines) is 1. The summed E-state index contributed by atoms with van der Waals surface area (Å²) in [6, 6.07) is 3.97. The van der Waals surface area contributed by atoms with E-state index in [0.29, 0.717) is 19.0 Å². The number of nitrogens with one attached hydrogen (secondary N) is 1. The van der Waals surface area contributed by atoms with Crippen molar-refractivity contribution in [3.8, 4) is 0 Å². The van der Waals surface area contributed by atoms with Crippen LogP contribution in [0.5, 0.6) is 0 Å². The molecule has 0 bridgehead atoms. The van der Waals surface area contributed by atoms with Gasteiger partial charge in [0.05, 0.1) is 12.1 Å². The number of amides is 2. The summed E-state index contributed by atoms with van der Waals surface area (Å²) in [6.07, 6.45) is -2.79. The number of hydrogen-bond donors (Lipinski definition) is 2. The fourth-order valence-corrected chi connectivity index (χ4v) is 2.85. The second-order valence-electron chi connectivity index (χ2n) is 6.34. The van der Waals surface area contributed by atoms with E-state index in [1.807, 2.05) is 6.92 Å². The predicted molar refractivity (Wildman–Crippen MR) is 94.0 cm³/mol. The Bertz CT molecular complexity index is 613. The number of nitrogens with two attached hydrogens (primary N) is 1. The molecule has 0 saturated carbocycles. The highest BCUT2D eigenvalue weighted by atomic mass is 35.5. The zero-order valence-electron chi connectivity index (χ0n) is 14.4. The normalized spacial score (nSPS) is 16.6. The molecule has 1 aromatic carbocycles. The molecule has 1 heterocycles. The molecule has 0 spiro atoms. The Hall–Kier alpha value is -1.80. The summed E-state index contributed by atoms with van der Waals surface area (Å²) in [5.41, 5.74) is 5.12. The number of carbonyl (C=O) groups is 2. The van der Waals surface area contributed by atoms with Gasteiger partial charge in [0.1, 0.15) is 0 Å². The number of benzene rings is 1. The number of alkyl halides is 3. The Morgan fingerprint density at radius 1 is 1.23 bits per heavy atom. The van der Waals surface area contributed by atoms with E-state index >= 15 is 0 Å². The molecule has 2 amide bonds. The van der Waals surface area contributed by atoms with Gasteiger partial charge in [0.2, 0.25) is 5.91 Å². The van der Waals surface area contributed by atoms with Crippen LogP contribution >= 0.6 is 12.4 Å². The minimum absolute atomic E-state index is 0. The molecule has 0 radical (unpaired) electrons. The Kier molecular flexibility index (Phi) is 7.89. The summed E-state index contributed by atoms with van der Waals surface area (Å²) >= 11 is 0. The largest absolute Gasteiger partial charge is 0.416 e. The average Bonchev–Trinajstić information content (AvgIpc) is 2.58. The zero-order chi connectivity index (χ0) is 18.6. The summed E-state index contributed by atoms with van der Waals surface area (Å²) < 4.78 is 37.5. The van der Waals surface area contributed by atoms with Crippen molar-refractivity contribution in [1.82, 2.24) is 10.2 Å². The number of hydrogen-bond acceptors (Lipinski definition) is 3. The first-order valence-electron chi connectivity index (χ1n) is 8.17. The average molecular weight is 394 g/mol. The molecule has 5 nitrogen and oxygen atoms in total. The van der Waals surface area contributed by atoms with Crippen molar-refractivity contribution in [3.05, 3.63) is 35.4 Å². The van der Waals surface area contributed by atoms with Gasteiger partial charge in [0.15, 0.2) is 0 Å². The summed E-state index contributed by atoms with van der Waals surface area (Å²) in [6.45, 7) is 2.97. The van der Waals surface area contributed by atoms with E-state index in [0.717, 1.165) is 37.1 Å². The molecular weight excluding hydrogens is 371 g/mol. The van der Waals surface area contributed by atoms with Crippen LogP contribution in [0.25, 0.3) is 0 Å². The fraction of sp³-hybridized carbons (Fsp3) is 0.529. The smallest absolute Gasteiger partial charge is 0.343 e. The number of carbonyl (C=O) groups excluding carboxylic acids is 2. The number of nitrogens with zero attached hydrogens (tertiary/aromatic N) is 1. The van der Waals surface area contributed by atoms with Crippen molar-refractivity contribution in [2.45, 2.75) is 32.0 Å². The van der Waals surface area contributed by atoms with E-state index in [1.165, 1.54) is 0 Å². The third-order valence-corrected chi connectivity index (χ3v) is 4.51. The van der Waals surface area contributed by atoms with Crippen molar-refractivity contribution in [1.29, 1.82) is 0 Å². The Morgan fingerprint density at radius 2 is 1.77 bits per heavy atom. The van der Waals surface area contributed by atoms with E-state index in [9.17, 15) is 22.8 Å². The van der Waals surface area contributed by atoms with E-state index in [4.69, 9.17) is 5.73 Å². The first-order chi connectivity index (χ1) is 11.7. The number of halogens is 4. The highest BCUT2D eigenvalue weighted by Gasteiger charge is 2.30. The van der Waals surface area contributed by atoms with Crippen LogP contribution in [0.4, 0.5) is 13.2 Å². The van der Waals surface area contributed by atoms with E-state index in [2.05, 4.69) is 5.32 Å². The lowest BCUT2D eigenvalue weighted by Gasteiger charge is -2.33. The standard InChI is InChI=1S/C17H22F3N3O2.ClH/c1-11(21)12-6-8-23(9-7-12)15(24)10-22-16(25)13-2-4-14(5-3-13)17(18,19)20;/h2-5,11-12H,6-10,21H2,1H3,(H,22,25);1H. The van der Waals surface area contributed by atoms with Gasteiger partial charge in [-0.3, -0.25) is 9.59 Å². The van der Waals surface area contributed by atoms with Crippen LogP contribution in [0.1, 0.15) is 35.7 Å². The van der Waals surface area contributed by atoms with Crippen LogP contribution in [0.2, 0.25) is 0 Å². The summed E-state index contributed by atoms with van der Waals surface area (Å²) in [5.74, 6) is -0.387. The quantitative estimate of drug-likeness (QED) is 0.825.